The molecule has 0 saturated heterocycles. The zero-order valence-electron chi connectivity index (χ0n) is 11.5. The molecule has 0 aliphatic heterocycles. The molecular formula is C15H19NO4. The first-order valence-electron chi connectivity index (χ1n) is 6.58. The Bertz CT molecular complexity index is 470. The monoisotopic (exact) mass is 277 g/mol. The van der Waals surface area contributed by atoms with Gasteiger partial charge in [-0.1, -0.05) is 30.3 Å². The first-order valence-corrected chi connectivity index (χ1v) is 6.58. The molecule has 0 spiro atoms. The zero-order valence-corrected chi connectivity index (χ0v) is 11.5. The van der Waals surface area contributed by atoms with Crippen molar-refractivity contribution in [1.29, 1.82) is 0 Å². The number of carboxylic acid groups (broad SMARTS) is 1. The highest BCUT2D eigenvalue weighted by molar-refractivity contribution is 5.97. The highest BCUT2D eigenvalue weighted by Crippen LogP contribution is 2.05. The van der Waals surface area contributed by atoms with Gasteiger partial charge in [0.25, 0.3) is 0 Å². The van der Waals surface area contributed by atoms with Crippen molar-refractivity contribution >= 4 is 17.7 Å². The van der Waals surface area contributed by atoms with E-state index in [1.54, 1.807) is 31.2 Å². The van der Waals surface area contributed by atoms with Gasteiger partial charge in [0, 0.05) is 30.9 Å². The summed E-state index contributed by atoms with van der Waals surface area (Å²) < 4.78 is 0. The van der Waals surface area contributed by atoms with E-state index in [2.05, 4.69) is 5.32 Å². The van der Waals surface area contributed by atoms with Gasteiger partial charge in [0.2, 0.25) is 5.91 Å². The molecule has 108 valence electrons. The number of Topliss-reactive ketones (excluding diaryl/α,β-unsaturated/α-hetero) is 1. The summed E-state index contributed by atoms with van der Waals surface area (Å²) in [6.45, 7) is 1.75. The van der Waals surface area contributed by atoms with Crippen LogP contribution in [0.4, 0.5) is 0 Å². The van der Waals surface area contributed by atoms with Crippen molar-refractivity contribution in [3.05, 3.63) is 35.9 Å². The number of hydrogen-bond donors (Lipinski definition) is 2. The average Bonchev–Trinajstić information content (AvgIpc) is 2.43. The third-order valence-electron chi connectivity index (χ3n) is 2.87. The first kappa shape index (κ1) is 15.9. The molecule has 1 unspecified atom stereocenters. The minimum absolute atomic E-state index is 0.0182. The molecule has 1 atom stereocenters. The Hall–Kier alpha value is -2.17. The van der Waals surface area contributed by atoms with E-state index in [9.17, 15) is 14.4 Å². The average molecular weight is 277 g/mol. The third kappa shape index (κ3) is 6.13. The van der Waals surface area contributed by atoms with E-state index in [0.29, 0.717) is 12.0 Å². The number of ketones is 1. The van der Waals surface area contributed by atoms with Crippen LogP contribution in [0.5, 0.6) is 0 Å². The molecular weight excluding hydrogens is 258 g/mol. The lowest BCUT2D eigenvalue weighted by Gasteiger charge is -2.12. The van der Waals surface area contributed by atoms with Crippen molar-refractivity contribution in [1.82, 2.24) is 5.32 Å². The second-order valence-electron chi connectivity index (χ2n) is 4.69. The highest BCUT2D eigenvalue weighted by atomic mass is 16.4. The number of nitrogens with one attached hydrogen (secondary N) is 1. The van der Waals surface area contributed by atoms with Gasteiger partial charge in [0.1, 0.15) is 0 Å². The fourth-order valence-corrected chi connectivity index (χ4v) is 1.75. The summed E-state index contributed by atoms with van der Waals surface area (Å²) in [7, 11) is 0. The van der Waals surface area contributed by atoms with E-state index < -0.39 is 5.97 Å². The molecule has 0 aliphatic rings. The van der Waals surface area contributed by atoms with Gasteiger partial charge in [-0.2, -0.15) is 0 Å². The number of carboxylic acids is 1. The Morgan fingerprint density at radius 2 is 1.75 bits per heavy atom. The lowest BCUT2D eigenvalue weighted by molar-refractivity contribution is -0.137. The molecule has 20 heavy (non-hydrogen) atoms. The smallest absolute Gasteiger partial charge is 0.303 e. The van der Waals surface area contributed by atoms with Gasteiger partial charge in [0.05, 0.1) is 0 Å². The number of carbonyl (C=O) groups is 3. The summed E-state index contributed by atoms with van der Waals surface area (Å²) in [6.07, 6.45) is 0.671. The lowest BCUT2D eigenvalue weighted by Crippen LogP contribution is -2.33. The van der Waals surface area contributed by atoms with Crippen LogP contribution in [0.15, 0.2) is 30.3 Å². The topological polar surface area (TPSA) is 83.5 Å². The van der Waals surface area contributed by atoms with Crippen LogP contribution in [0.1, 0.15) is 43.0 Å². The molecule has 1 aromatic carbocycles. The fraction of sp³-hybridized carbons (Fsp3) is 0.400. The van der Waals surface area contributed by atoms with Crippen LogP contribution in [-0.2, 0) is 9.59 Å². The molecule has 5 nitrogen and oxygen atoms in total. The van der Waals surface area contributed by atoms with Crippen LogP contribution < -0.4 is 5.32 Å². The fourth-order valence-electron chi connectivity index (χ4n) is 1.75. The summed E-state index contributed by atoms with van der Waals surface area (Å²) in [5, 5.41) is 11.2. The maximum Gasteiger partial charge on any atom is 0.303 e. The van der Waals surface area contributed by atoms with Crippen LogP contribution in [0.25, 0.3) is 0 Å². The van der Waals surface area contributed by atoms with Gasteiger partial charge < -0.3 is 10.4 Å². The summed E-state index contributed by atoms with van der Waals surface area (Å²) in [5.41, 5.74) is 0.597. The zero-order chi connectivity index (χ0) is 15.0. The van der Waals surface area contributed by atoms with Crippen molar-refractivity contribution in [2.45, 2.75) is 38.6 Å². The van der Waals surface area contributed by atoms with Crippen molar-refractivity contribution in [3.63, 3.8) is 0 Å². The summed E-state index contributed by atoms with van der Waals surface area (Å²) in [6, 6.07) is 8.62. The van der Waals surface area contributed by atoms with E-state index in [1.807, 2.05) is 6.07 Å². The predicted molar refractivity (Wildman–Crippen MR) is 74.5 cm³/mol. The molecule has 0 saturated carbocycles. The number of carbonyl (C=O) groups excluding carboxylic acids is 2. The van der Waals surface area contributed by atoms with E-state index in [-0.39, 0.29) is 37.0 Å². The van der Waals surface area contributed by atoms with Gasteiger partial charge in [-0.25, -0.2) is 0 Å². The molecule has 0 aromatic heterocycles. The summed E-state index contributed by atoms with van der Waals surface area (Å²) >= 11 is 0. The molecule has 0 bridgehead atoms. The minimum atomic E-state index is -0.884. The Morgan fingerprint density at radius 1 is 1.10 bits per heavy atom. The second-order valence-corrected chi connectivity index (χ2v) is 4.69. The van der Waals surface area contributed by atoms with E-state index >= 15 is 0 Å². The molecule has 2 N–H and O–H groups in total. The van der Waals surface area contributed by atoms with Crippen molar-refractivity contribution < 1.29 is 19.5 Å². The number of amides is 1. The van der Waals surface area contributed by atoms with Crippen molar-refractivity contribution in [3.8, 4) is 0 Å². The standard InChI is InChI=1S/C15H19NO4/c1-11(7-10-15(19)20)16-14(18)9-8-13(17)12-5-3-2-4-6-12/h2-6,11H,7-10H2,1H3,(H,16,18)(H,19,20). The molecule has 0 aliphatic carbocycles. The Balaban J connectivity index is 2.29. The van der Waals surface area contributed by atoms with Crippen molar-refractivity contribution in [2.24, 2.45) is 0 Å². The lowest BCUT2D eigenvalue weighted by atomic mass is 10.1. The third-order valence-corrected chi connectivity index (χ3v) is 2.87. The van der Waals surface area contributed by atoms with Gasteiger partial charge in [0.15, 0.2) is 5.78 Å². The highest BCUT2D eigenvalue weighted by Gasteiger charge is 2.12. The quantitative estimate of drug-likeness (QED) is 0.712. The predicted octanol–water partition coefficient (Wildman–Crippen LogP) is 2.02. The number of rotatable bonds is 8. The van der Waals surface area contributed by atoms with Crippen LogP contribution in [-0.4, -0.2) is 28.8 Å². The molecule has 0 fully saturated rings. The molecule has 0 heterocycles. The first-order chi connectivity index (χ1) is 9.49. The summed E-state index contributed by atoms with van der Waals surface area (Å²) in [5.74, 6) is -1.18. The molecule has 0 radical (unpaired) electrons. The molecule has 1 amide bonds. The Kier molecular flexibility index (Phi) is 6.43. The molecule has 1 aromatic rings. The maximum absolute atomic E-state index is 11.8. The van der Waals surface area contributed by atoms with Crippen LogP contribution in [0, 0.1) is 0 Å². The number of benzene rings is 1. The van der Waals surface area contributed by atoms with Crippen LogP contribution >= 0.6 is 0 Å². The number of aliphatic carboxylic acids is 1. The number of hydrogen-bond acceptors (Lipinski definition) is 3. The van der Waals surface area contributed by atoms with E-state index in [4.69, 9.17) is 5.11 Å². The maximum atomic E-state index is 11.8. The van der Waals surface area contributed by atoms with Gasteiger partial charge >= 0.3 is 5.97 Å². The van der Waals surface area contributed by atoms with Gasteiger partial charge in [-0.05, 0) is 13.3 Å². The second kappa shape index (κ2) is 8.09. The van der Waals surface area contributed by atoms with E-state index in [1.165, 1.54) is 0 Å². The van der Waals surface area contributed by atoms with Gasteiger partial charge in [-0.3, -0.25) is 14.4 Å². The normalized spacial score (nSPS) is 11.7. The summed E-state index contributed by atoms with van der Waals surface area (Å²) in [4.78, 5) is 33.8. The van der Waals surface area contributed by atoms with Crippen LogP contribution in [0.3, 0.4) is 0 Å². The van der Waals surface area contributed by atoms with Gasteiger partial charge in [-0.15, -0.1) is 0 Å². The molecule has 5 heteroatoms. The Morgan fingerprint density at radius 3 is 2.35 bits per heavy atom. The van der Waals surface area contributed by atoms with E-state index in [0.717, 1.165) is 0 Å². The largest absolute Gasteiger partial charge is 0.481 e. The van der Waals surface area contributed by atoms with Crippen LogP contribution in [0.2, 0.25) is 0 Å². The minimum Gasteiger partial charge on any atom is -0.481 e. The molecule has 1 rings (SSSR count). The van der Waals surface area contributed by atoms with Crippen molar-refractivity contribution in [2.75, 3.05) is 0 Å². The SMILES string of the molecule is CC(CCC(=O)O)NC(=O)CCC(=O)c1ccccc1. The Labute approximate surface area is 118 Å².